The molecule has 1 rings (SSSR count). The van der Waals surface area contributed by atoms with E-state index < -0.39 is 8.07 Å². The second-order valence-electron chi connectivity index (χ2n) is 5.65. The highest BCUT2D eigenvalue weighted by Crippen LogP contribution is 2.20. The average Bonchev–Trinajstić information content (AvgIpc) is 2.33. The molecule has 1 aromatic carbocycles. The Hall–Kier alpha value is -1.61. The summed E-state index contributed by atoms with van der Waals surface area (Å²) < 4.78 is 5.34. The van der Waals surface area contributed by atoms with E-state index in [-0.39, 0.29) is 5.97 Å². The highest BCUT2D eigenvalue weighted by Gasteiger charge is 2.10. The second kappa shape index (κ2) is 6.52. The zero-order valence-electron chi connectivity index (χ0n) is 12.4. The lowest BCUT2D eigenvalue weighted by Gasteiger charge is -2.12. The van der Waals surface area contributed by atoms with E-state index in [0.29, 0.717) is 5.76 Å². The highest BCUT2D eigenvalue weighted by molar-refractivity contribution is 6.81. The van der Waals surface area contributed by atoms with Crippen molar-refractivity contribution in [2.75, 3.05) is 0 Å². The van der Waals surface area contributed by atoms with E-state index >= 15 is 0 Å². The van der Waals surface area contributed by atoms with Crippen molar-refractivity contribution in [2.45, 2.75) is 33.5 Å². The van der Waals surface area contributed by atoms with Gasteiger partial charge in [-0.25, -0.2) is 0 Å². The normalized spacial score (nSPS) is 13.3. The van der Waals surface area contributed by atoms with Gasteiger partial charge in [-0.05, 0) is 24.1 Å². The topological polar surface area (TPSA) is 26.3 Å². The minimum atomic E-state index is -1.32. The van der Waals surface area contributed by atoms with E-state index in [4.69, 9.17) is 4.74 Å². The first-order valence-electron chi connectivity index (χ1n) is 6.43. The van der Waals surface area contributed by atoms with Gasteiger partial charge in [-0.15, -0.1) is 0 Å². The lowest BCUT2D eigenvalue weighted by atomic mass is 10.1. The van der Waals surface area contributed by atoms with E-state index in [2.05, 4.69) is 25.3 Å². The highest BCUT2D eigenvalue weighted by atomic mass is 28.3. The molecule has 0 saturated heterocycles. The van der Waals surface area contributed by atoms with Gasteiger partial charge in [0.25, 0.3) is 0 Å². The van der Waals surface area contributed by atoms with Gasteiger partial charge >= 0.3 is 5.97 Å². The standard InChI is InChI=1S/C16H22O2Si/c1-13(15-9-7-6-8-10-15)16(18-14(2)17)11-12-19(3,4)5/h6-12H,1-5H3/b12-11-,16-13-. The van der Waals surface area contributed by atoms with Crippen molar-refractivity contribution in [3.63, 3.8) is 0 Å². The number of esters is 1. The minimum absolute atomic E-state index is 0.287. The van der Waals surface area contributed by atoms with Gasteiger partial charge < -0.3 is 4.74 Å². The largest absolute Gasteiger partial charge is 0.426 e. The average molecular weight is 274 g/mol. The van der Waals surface area contributed by atoms with Gasteiger partial charge in [0.05, 0.1) is 8.07 Å². The Balaban J connectivity index is 3.15. The van der Waals surface area contributed by atoms with E-state index in [1.807, 2.05) is 43.3 Å². The Morgan fingerprint density at radius 3 is 2.16 bits per heavy atom. The van der Waals surface area contributed by atoms with Crippen molar-refractivity contribution < 1.29 is 9.53 Å². The van der Waals surface area contributed by atoms with Crippen molar-refractivity contribution >= 4 is 19.6 Å². The first-order chi connectivity index (χ1) is 8.79. The fourth-order valence-electron chi connectivity index (χ4n) is 1.55. The van der Waals surface area contributed by atoms with Crippen molar-refractivity contribution in [3.8, 4) is 0 Å². The number of carbonyl (C=O) groups is 1. The third-order valence-corrected chi connectivity index (χ3v) is 3.73. The molecule has 2 nitrogen and oxygen atoms in total. The molecule has 0 unspecified atom stereocenters. The third kappa shape index (κ3) is 5.70. The lowest BCUT2D eigenvalue weighted by Crippen LogP contribution is -2.15. The molecular formula is C16H22O2Si. The molecule has 0 aliphatic heterocycles. The summed E-state index contributed by atoms with van der Waals surface area (Å²) in [6.07, 6.45) is 1.94. The number of hydrogen-bond acceptors (Lipinski definition) is 2. The van der Waals surface area contributed by atoms with Crippen LogP contribution in [0.25, 0.3) is 5.57 Å². The predicted molar refractivity (Wildman–Crippen MR) is 83.3 cm³/mol. The van der Waals surface area contributed by atoms with Gasteiger partial charge in [0.1, 0.15) is 5.76 Å². The van der Waals surface area contributed by atoms with Crippen LogP contribution in [0.5, 0.6) is 0 Å². The van der Waals surface area contributed by atoms with Crippen LogP contribution in [0.4, 0.5) is 0 Å². The molecular weight excluding hydrogens is 252 g/mol. The maximum Gasteiger partial charge on any atom is 0.308 e. The summed E-state index contributed by atoms with van der Waals surface area (Å²) in [4.78, 5) is 11.2. The molecule has 0 amide bonds. The summed E-state index contributed by atoms with van der Waals surface area (Å²) in [7, 11) is -1.32. The minimum Gasteiger partial charge on any atom is -0.426 e. The smallest absolute Gasteiger partial charge is 0.308 e. The summed E-state index contributed by atoms with van der Waals surface area (Å²) in [6, 6.07) is 9.96. The van der Waals surface area contributed by atoms with E-state index in [9.17, 15) is 4.79 Å². The zero-order chi connectivity index (χ0) is 14.5. The van der Waals surface area contributed by atoms with Gasteiger partial charge in [-0.2, -0.15) is 0 Å². The number of allylic oxidation sites excluding steroid dienone is 2. The maximum atomic E-state index is 11.2. The van der Waals surface area contributed by atoms with Gasteiger partial charge in [0.2, 0.25) is 0 Å². The molecule has 0 aromatic heterocycles. The Morgan fingerprint density at radius 1 is 1.11 bits per heavy atom. The Bertz CT molecular complexity index is 493. The molecule has 0 bridgehead atoms. The van der Waals surface area contributed by atoms with Crippen molar-refractivity contribution in [2.24, 2.45) is 0 Å². The lowest BCUT2D eigenvalue weighted by molar-refractivity contribution is -0.136. The molecule has 0 spiro atoms. The summed E-state index contributed by atoms with van der Waals surface area (Å²) in [5.41, 5.74) is 4.22. The number of ether oxygens (including phenoxy) is 1. The SMILES string of the molecule is CC(=O)OC(/C=C\[Si](C)(C)C)=C(/C)c1ccccc1. The Kier molecular flexibility index (Phi) is 5.30. The summed E-state index contributed by atoms with van der Waals surface area (Å²) in [6.45, 7) is 10.1. The Morgan fingerprint density at radius 2 is 1.68 bits per heavy atom. The van der Waals surface area contributed by atoms with Crippen molar-refractivity contribution in [1.82, 2.24) is 0 Å². The molecule has 0 saturated carbocycles. The summed E-state index contributed by atoms with van der Waals surface area (Å²) >= 11 is 0. The summed E-state index contributed by atoms with van der Waals surface area (Å²) in [5, 5.41) is 0. The quantitative estimate of drug-likeness (QED) is 0.352. The Labute approximate surface area is 116 Å². The second-order valence-corrected chi connectivity index (χ2v) is 10.7. The first kappa shape index (κ1) is 15.4. The number of benzene rings is 1. The van der Waals surface area contributed by atoms with Gasteiger partial charge in [-0.3, -0.25) is 4.79 Å². The molecule has 0 aliphatic rings. The molecule has 0 radical (unpaired) electrons. The molecule has 102 valence electrons. The number of carbonyl (C=O) groups excluding carboxylic acids is 1. The molecule has 0 fully saturated rings. The summed E-state index contributed by atoms with van der Waals surface area (Å²) in [5.74, 6) is 0.353. The molecule has 0 heterocycles. The fourth-order valence-corrected chi connectivity index (χ4v) is 2.20. The molecule has 0 aliphatic carbocycles. The van der Waals surface area contributed by atoms with E-state index in [1.165, 1.54) is 6.92 Å². The predicted octanol–water partition coefficient (Wildman–Crippen LogP) is 4.41. The van der Waals surface area contributed by atoms with Crippen LogP contribution in [0.1, 0.15) is 19.4 Å². The van der Waals surface area contributed by atoms with Crippen LogP contribution < -0.4 is 0 Å². The molecule has 3 heteroatoms. The monoisotopic (exact) mass is 274 g/mol. The first-order valence-corrected chi connectivity index (χ1v) is 10.0. The fraction of sp³-hybridized carbons (Fsp3) is 0.312. The van der Waals surface area contributed by atoms with Crippen LogP contribution in [-0.2, 0) is 9.53 Å². The van der Waals surface area contributed by atoms with Crippen LogP contribution in [0.3, 0.4) is 0 Å². The van der Waals surface area contributed by atoms with Gasteiger partial charge in [0, 0.05) is 6.92 Å². The van der Waals surface area contributed by atoms with Crippen molar-refractivity contribution in [1.29, 1.82) is 0 Å². The van der Waals surface area contributed by atoms with Gasteiger partial charge in [0.15, 0.2) is 0 Å². The molecule has 0 atom stereocenters. The number of rotatable bonds is 4. The van der Waals surface area contributed by atoms with Crippen LogP contribution in [0.2, 0.25) is 19.6 Å². The van der Waals surface area contributed by atoms with Crippen molar-refractivity contribution in [3.05, 3.63) is 53.4 Å². The van der Waals surface area contributed by atoms with Crippen LogP contribution >= 0.6 is 0 Å². The zero-order valence-corrected chi connectivity index (χ0v) is 13.4. The van der Waals surface area contributed by atoms with Crippen LogP contribution in [0, 0.1) is 0 Å². The number of hydrogen-bond donors (Lipinski definition) is 0. The molecule has 19 heavy (non-hydrogen) atoms. The van der Waals surface area contributed by atoms with Gasteiger partial charge in [-0.1, -0.05) is 55.7 Å². The van der Waals surface area contributed by atoms with E-state index in [1.54, 1.807) is 0 Å². The van der Waals surface area contributed by atoms with E-state index in [0.717, 1.165) is 11.1 Å². The van der Waals surface area contributed by atoms with Crippen LogP contribution in [-0.4, -0.2) is 14.0 Å². The van der Waals surface area contributed by atoms with Crippen LogP contribution in [0.15, 0.2) is 47.9 Å². The molecule has 1 aromatic rings. The third-order valence-electron chi connectivity index (χ3n) is 2.56. The maximum absolute atomic E-state index is 11.2. The molecule has 0 N–H and O–H groups in total.